The van der Waals surface area contributed by atoms with E-state index in [-0.39, 0.29) is 30.7 Å². The number of phosphoric acid groups is 2. The summed E-state index contributed by atoms with van der Waals surface area (Å²) in [5.74, 6) is -0.0607. The quantitative estimate of drug-likeness (QED) is 0.0205. The van der Waals surface area contributed by atoms with Gasteiger partial charge in [-0.1, -0.05) is 135 Å². The molecule has 0 radical (unpaired) electrons. The number of nitrogens with zero attached hydrogens (tertiary/aromatic N) is 1. The van der Waals surface area contributed by atoms with E-state index >= 15 is 0 Å². The molecule has 0 saturated heterocycles. The summed E-state index contributed by atoms with van der Waals surface area (Å²) in [4.78, 5) is 59.0. The van der Waals surface area contributed by atoms with Gasteiger partial charge in [-0.25, -0.2) is 18.2 Å². The molecule has 0 amide bonds. The predicted octanol–water partition coefficient (Wildman–Crippen LogP) is 10.3. The van der Waals surface area contributed by atoms with E-state index in [0.717, 1.165) is 36.7 Å². The van der Waals surface area contributed by atoms with Gasteiger partial charge in [0.15, 0.2) is 6.23 Å². The van der Waals surface area contributed by atoms with Gasteiger partial charge in [0.25, 0.3) is 5.56 Å². The van der Waals surface area contributed by atoms with E-state index in [1.165, 1.54) is 102 Å². The first-order valence-corrected chi connectivity index (χ1v) is 25.8. The Labute approximate surface area is 348 Å². The van der Waals surface area contributed by atoms with Gasteiger partial charge in [0.2, 0.25) is 0 Å². The number of nitrogens with one attached hydrogen (secondary N) is 1. The molecule has 334 valence electrons. The Balaban J connectivity index is 1.50. The van der Waals surface area contributed by atoms with Gasteiger partial charge in [-0.2, -0.15) is 4.31 Å². The van der Waals surface area contributed by atoms with Crippen LogP contribution in [0.15, 0.2) is 52.2 Å². The Morgan fingerprint density at radius 2 is 1.31 bits per heavy atom. The minimum Gasteiger partial charge on any atom is -0.427 e. The lowest BCUT2D eigenvalue weighted by molar-refractivity contribution is -0.134. The van der Waals surface area contributed by atoms with E-state index in [1.54, 1.807) is 12.1 Å². The number of aromatic amines is 1. The average Bonchev–Trinajstić information content (AvgIpc) is 3.65. The van der Waals surface area contributed by atoms with Crippen LogP contribution in [0.3, 0.4) is 0 Å². The van der Waals surface area contributed by atoms with Crippen LogP contribution in [0.5, 0.6) is 5.75 Å². The monoisotopic (exact) mass is 890 g/mol. The zero-order valence-corrected chi connectivity index (χ0v) is 37.5. The highest BCUT2D eigenvalue weighted by atomic mass is 31.3. The molecule has 19 heteroatoms. The van der Waals surface area contributed by atoms with Crippen LogP contribution in [-0.2, 0) is 47.5 Å². The molecule has 2 heterocycles. The van der Waals surface area contributed by atoms with E-state index in [0.29, 0.717) is 30.6 Å². The van der Waals surface area contributed by atoms with Crippen molar-refractivity contribution in [3.63, 3.8) is 0 Å². The van der Waals surface area contributed by atoms with Gasteiger partial charge in [-0.3, -0.25) is 28.2 Å². The molecule has 16 nitrogen and oxygen atoms in total. The third-order valence-electron chi connectivity index (χ3n) is 9.66. The number of benzene rings is 1. The number of carbonyl (C=O) groups excluding carboxylic acids is 1. The highest BCUT2D eigenvalue weighted by Gasteiger charge is 2.43. The van der Waals surface area contributed by atoms with Gasteiger partial charge in [-0.15, -0.1) is 0 Å². The van der Waals surface area contributed by atoms with Crippen LogP contribution in [-0.4, -0.2) is 44.2 Å². The largest absolute Gasteiger partial charge is 0.488 e. The SMILES string of the molecule is CCCCCCCCCCCCCCCCCCP(=O)(OCc1ccc(OC(=O)CCCC)cc1)OP(=O)(O)OP(=O)(O)OC[C@@H]1C=C[C@H](n2cc(C)c(=O)[nH]c2=O)O1. The molecule has 1 aliphatic rings. The molecule has 3 rings (SSSR count). The van der Waals surface area contributed by atoms with Crippen molar-refractivity contribution in [2.75, 3.05) is 12.8 Å². The Morgan fingerprint density at radius 3 is 1.88 bits per heavy atom. The van der Waals surface area contributed by atoms with Gasteiger partial charge in [0.1, 0.15) is 11.9 Å². The van der Waals surface area contributed by atoms with Crippen molar-refractivity contribution in [2.45, 2.75) is 162 Å². The first kappa shape index (κ1) is 50.9. The van der Waals surface area contributed by atoms with Crippen LogP contribution in [0, 0.1) is 6.92 Å². The number of aromatic nitrogens is 2. The third kappa shape index (κ3) is 20.8. The van der Waals surface area contributed by atoms with Crippen molar-refractivity contribution >= 4 is 29.2 Å². The summed E-state index contributed by atoms with van der Waals surface area (Å²) >= 11 is 0. The lowest BCUT2D eigenvalue weighted by atomic mass is 10.0. The number of rotatable bonds is 32. The van der Waals surface area contributed by atoms with Crippen LogP contribution in [0.2, 0.25) is 0 Å². The maximum Gasteiger partial charge on any atom is 0.488 e. The van der Waals surface area contributed by atoms with Crippen LogP contribution < -0.4 is 16.0 Å². The normalized spacial score (nSPS) is 18.3. The van der Waals surface area contributed by atoms with Crippen molar-refractivity contribution in [3.05, 3.63) is 74.6 Å². The summed E-state index contributed by atoms with van der Waals surface area (Å²) < 4.78 is 71.9. The number of unbranched alkanes of at least 4 members (excludes halogenated alkanes) is 16. The molecule has 3 N–H and O–H groups in total. The summed E-state index contributed by atoms with van der Waals surface area (Å²) in [6, 6.07) is 6.22. The molecular formula is C40H65N2O14P3. The molecule has 0 aliphatic carbocycles. The lowest BCUT2D eigenvalue weighted by Crippen LogP contribution is -2.33. The number of hydrogen-bond donors (Lipinski definition) is 3. The molecule has 0 fully saturated rings. The average molecular weight is 891 g/mol. The maximum atomic E-state index is 13.9. The van der Waals surface area contributed by atoms with Crippen LogP contribution in [0.25, 0.3) is 0 Å². The number of ether oxygens (including phenoxy) is 2. The molecular weight excluding hydrogens is 825 g/mol. The molecule has 1 aromatic heterocycles. The van der Waals surface area contributed by atoms with Gasteiger partial charge in [0.05, 0.1) is 19.4 Å². The minimum atomic E-state index is -5.54. The number of aryl methyl sites for hydroxylation is 1. The molecule has 0 bridgehead atoms. The van der Waals surface area contributed by atoms with Gasteiger partial charge < -0.3 is 23.8 Å². The second-order valence-electron chi connectivity index (χ2n) is 15.0. The first-order valence-electron chi connectivity index (χ1n) is 21.1. The van der Waals surface area contributed by atoms with Gasteiger partial charge in [-0.05, 0) is 43.5 Å². The molecule has 2 aromatic rings. The summed E-state index contributed by atoms with van der Waals surface area (Å²) in [6.07, 6.45) is 21.7. The van der Waals surface area contributed by atoms with Crippen molar-refractivity contribution in [1.29, 1.82) is 0 Å². The zero-order chi connectivity index (χ0) is 43.2. The molecule has 59 heavy (non-hydrogen) atoms. The highest BCUT2D eigenvalue weighted by molar-refractivity contribution is 7.68. The number of carbonyl (C=O) groups is 1. The number of phosphoric ester groups is 1. The lowest BCUT2D eigenvalue weighted by Gasteiger charge is -2.23. The van der Waals surface area contributed by atoms with E-state index in [2.05, 4.69) is 16.2 Å². The van der Waals surface area contributed by atoms with Crippen LogP contribution >= 0.6 is 23.2 Å². The number of hydrogen-bond acceptors (Lipinski definition) is 12. The predicted molar refractivity (Wildman–Crippen MR) is 225 cm³/mol. The fraction of sp³-hybridized carbons (Fsp3) is 0.675. The van der Waals surface area contributed by atoms with Crippen molar-refractivity contribution < 1.29 is 55.4 Å². The second kappa shape index (κ2) is 26.8. The van der Waals surface area contributed by atoms with Crippen molar-refractivity contribution in [2.24, 2.45) is 0 Å². The first-order chi connectivity index (χ1) is 28.1. The highest BCUT2D eigenvalue weighted by Crippen LogP contribution is 2.69. The van der Waals surface area contributed by atoms with Crippen molar-refractivity contribution in [1.82, 2.24) is 9.55 Å². The molecule has 1 aliphatic heterocycles. The molecule has 3 unspecified atom stereocenters. The fourth-order valence-electron chi connectivity index (χ4n) is 6.32. The Hall–Kier alpha value is -2.48. The van der Waals surface area contributed by atoms with Gasteiger partial charge in [0, 0.05) is 18.2 Å². The Morgan fingerprint density at radius 1 is 0.746 bits per heavy atom. The molecule has 1 aromatic carbocycles. The summed E-state index contributed by atoms with van der Waals surface area (Å²) in [7, 11) is -15.3. The Bertz CT molecular complexity index is 1850. The number of H-pyrrole nitrogens is 1. The standard InChI is InChI=1S/C40H65N2O14P3/c1-4-6-8-9-10-11-12-13-14-15-16-17-18-19-20-21-29-57(46,51-31-34-23-25-35(26-24-34)54-38(43)22-7-5-2)55-59(49,50)56-58(47,48)52-32-36-27-28-37(53-36)42-30-33(3)39(44)41-40(42)45/h23-28,30,36-37H,4-22,29,31-32H2,1-3H3,(H,47,48)(H,49,50)(H,41,44,45)/t36-,37+,57?/m0/s1. The third-order valence-corrected chi connectivity index (χ3v) is 15.0. The van der Waals surface area contributed by atoms with E-state index in [1.807, 2.05) is 6.92 Å². The van der Waals surface area contributed by atoms with E-state index in [4.69, 9.17) is 22.8 Å². The van der Waals surface area contributed by atoms with Gasteiger partial charge >= 0.3 is 34.9 Å². The zero-order valence-electron chi connectivity index (χ0n) is 34.8. The minimum absolute atomic E-state index is 0.253. The molecule has 5 atom stereocenters. The summed E-state index contributed by atoms with van der Waals surface area (Å²) in [5.41, 5.74) is -0.556. The van der Waals surface area contributed by atoms with Crippen LogP contribution in [0.1, 0.15) is 153 Å². The topological polar surface area (TPSA) is 219 Å². The van der Waals surface area contributed by atoms with E-state index < -0.39 is 53.4 Å². The smallest absolute Gasteiger partial charge is 0.427 e. The fourth-order valence-corrected chi connectivity index (χ4v) is 11.1. The maximum absolute atomic E-state index is 13.9. The number of esters is 1. The van der Waals surface area contributed by atoms with Crippen molar-refractivity contribution in [3.8, 4) is 5.75 Å². The second-order valence-corrected chi connectivity index (χ2v) is 20.3. The van der Waals surface area contributed by atoms with E-state index in [9.17, 15) is 37.9 Å². The van der Waals surface area contributed by atoms with Crippen LogP contribution in [0.4, 0.5) is 0 Å². The summed E-state index contributed by atoms with van der Waals surface area (Å²) in [5, 5.41) is 0. The summed E-state index contributed by atoms with van der Waals surface area (Å²) in [6.45, 7) is 4.73. The molecule has 0 saturated carbocycles. The molecule has 0 spiro atoms. The Kier molecular flexibility index (Phi) is 23.1.